The molecule has 20 heavy (non-hydrogen) atoms. The van der Waals surface area contributed by atoms with Gasteiger partial charge in [-0.25, -0.2) is 5.10 Å². The number of aromatic amines is 1. The smallest absolute Gasteiger partial charge is 0.272 e. The highest BCUT2D eigenvalue weighted by Crippen LogP contribution is 2.18. The van der Waals surface area contributed by atoms with Gasteiger partial charge in [0, 0.05) is 5.39 Å². The van der Waals surface area contributed by atoms with E-state index in [0.717, 1.165) is 5.56 Å². The van der Waals surface area contributed by atoms with Gasteiger partial charge in [-0.05, 0) is 39.8 Å². The quantitative estimate of drug-likeness (QED) is 0.679. The number of aryl methyl sites for hydroxylation is 1. The predicted molar refractivity (Wildman–Crippen MR) is 82.6 cm³/mol. The predicted octanol–water partition coefficient (Wildman–Crippen LogP) is 2.11. The molecule has 1 atom stereocenters. The lowest BCUT2D eigenvalue weighted by molar-refractivity contribution is 0.562. The Morgan fingerprint density at radius 1 is 1.35 bits per heavy atom. The van der Waals surface area contributed by atoms with E-state index in [1.165, 1.54) is 6.21 Å². The Kier molecular flexibility index (Phi) is 3.96. The van der Waals surface area contributed by atoms with E-state index in [4.69, 9.17) is 0 Å². The number of nitrogens with zero attached hydrogens (tertiary/aromatic N) is 2. The first-order chi connectivity index (χ1) is 9.29. The Morgan fingerprint density at radius 3 is 2.70 bits per heavy atom. The van der Waals surface area contributed by atoms with Gasteiger partial charge in [-0.15, -0.1) is 0 Å². The summed E-state index contributed by atoms with van der Waals surface area (Å²) < 4.78 is 15.5. The number of rotatable bonds is 2. The number of nitrogens with one attached hydrogen (secondary N) is 1. The summed E-state index contributed by atoms with van der Waals surface area (Å²) in [7, 11) is 0. The Balaban J connectivity index is 2.51. The molecule has 0 saturated heterocycles. The maximum Gasteiger partial charge on any atom is 0.272 e. The van der Waals surface area contributed by atoms with E-state index in [0.29, 0.717) is 16.5 Å². The number of fused-ring (bicyclic) bond motifs is 1. The first kappa shape index (κ1) is 14.7. The van der Waals surface area contributed by atoms with Crippen molar-refractivity contribution in [3.63, 3.8) is 0 Å². The van der Waals surface area contributed by atoms with Gasteiger partial charge in [0.2, 0.25) is 0 Å². The second kappa shape index (κ2) is 5.38. The van der Waals surface area contributed by atoms with Crippen molar-refractivity contribution in [2.75, 3.05) is 0 Å². The second-order valence-electron chi connectivity index (χ2n) is 5.58. The summed E-state index contributed by atoms with van der Waals surface area (Å²) in [5.41, 5.74) is 1.30. The third-order valence-electron chi connectivity index (χ3n) is 2.77. The molecule has 0 saturated carbocycles. The molecule has 6 heteroatoms. The minimum atomic E-state index is -1.35. The van der Waals surface area contributed by atoms with E-state index in [1.807, 2.05) is 39.8 Å². The fraction of sp³-hybridized carbons (Fsp3) is 0.357. The lowest BCUT2D eigenvalue weighted by Crippen LogP contribution is -2.26. The molecular formula is C14H17N3O2S. The summed E-state index contributed by atoms with van der Waals surface area (Å²) in [5.74, 6) is 0. The minimum absolute atomic E-state index is 0.242. The van der Waals surface area contributed by atoms with E-state index >= 15 is 0 Å². The lowest BCUT2D eigenvalue weighted by Gasteiger charge is -2.17. The van der Waals surface area contributed by atoms with E-state index in [9.17, 15) is 9.35 Å². The fourth-order valence-electron chi connectivity index (χ4n) is 1.65. The zero-order chi connectivity index (χ0) is 14.9. The molecule has 1 N–H and O–H groups in total. The molecule has 0 amide bonds. The molecule has 0 aliphatic heterocycles. The maximum atomic E-state index is 11.9. The molecule has 1 aromatic heterocycles. The maximum absolute atomic E-state index is 11.9. The van der Waals surface area contributed by atoms with E-state index in [-0.39, 0.29) is 5.56 Å². The highest BCUT2D eigenvalue weighted by molar-refractivity contribution is 7.91. The molecule has 0 spiro atoms. The average molecular weight is 291 g/mol. The van der Waals surface area contributed by atoms with Crippen molar-refractivity contribution in [1.82, 2.24) is 10.2 Å². The zero-order valence-electron chi connectivity index (χ0n) is 11.9. The molecule has 2 rings (SSSR count). The van der Waals surface area contributed by atoms with Crippen LogP contribution in [-0.2, 0) is 11.4 Å². The van der Waals surface area contributed by atoms with Crippen LogP contribution in [-0.4, -0.2) is 25.7 Å². The summed E-state index contributed by atoms with van der Waals surface area (Å²) >= 11 is -1.35. The largest absolute Gasteiger partial charge is 0.591 e. The van der Waals surface area contributed by atoms with Crippen molar-refractivity contribution in [3.8, 4) is 0 Å². The molecule has 1 unspecified atom stereocenters. The average Bonchev–Trinajstić information content (AvgIpc) is 2.36. The number of H-pyrrole nitrogens is 1. The molecular weight excluding hydrogens is 274 g/mol. The number of hydrogen-bond acceptors (Lipinski definition) is 4. The summed E-state index contributed by atoms with van der Waals surface area (Å²) in [4.78, 5) is 11.7. The van der Waals surface area contributed by atoms with Crippen molar-refractivity contribution in [2.45, 2.75) is 32.4 Å². The van der Waals surface area contributed by atoms with Crippen molar-refractivity contribution in [2.24, 2.45) is 4.40 Å². The standard InChI is InChI=1S/C14H17N3O2S/c1-9-5-6-10-11(7-9)12(16-17-13(10)18)8-15-20(19)14(2,3)4/h5-8H,1-4H3,(H,17,18)/b15-8+. The van der Waals surface area contributed by atoms with Crippen LogP contribution in [0.2, 0.25) is 0 Å². The Hall–Kier alpha value is -1.66. The third kappa shape index (κ3) is 3.08. The van der Waals surface area contributed by atoms with Crippen LogP contribution in [0.15, 0.2) is 27.4 Å². The van der Waals surface area contributed by atoms with Gasteiger partial charge in [0.25, 0.3) is 5.56 Å². The summed E-state index contributed by atoms with van der Waals surface area (Å²) in [5, 5.41) is 7.67. The topological polar surface area (TPSA) is 81.2 Å². The van der Waals surface area contributed by atoms with Crippen LogP contribution < -0.4 is 5.56 Å². The Bertz CT molecular complexity index is 716. The molecule has 2 aromatic rings. The number of hydrogen-bond donors (Lipinski definition) is 1. The minimum Gasteiger partial charge on any atom is -0.591 e. The van der Waals surface area contributed by atoms with Gasteiger partial charge in [-0.3, -0.25) is 4.79 Å². The van der Waals surface area contributed by atoms with Gasteiger partial charge in [-0.2, -0.15) is 5.10 Å². The molecule has 1 heterocycles. The molecule has 0 aliphatic rings. The lowest BCUT2D eigenvalue weighted by atomic mass is 10.1. The van der Waals surface area contributed by atoms with Crippen LogP contribution in [0.3, 0.4) is 0 Å². The van der Waals surface area contributed by atoms with E-state index in [1.54, 1.807) is 6.07 Å². The summed E-state index contributed by atoms with van der Waals surface area (Å²) in [6, 6.07) is 5.49. The normalized spacial score (nSPS) is 14.1. The molecule has 0 fully saturated rings. The van der Waals surface area contributed by atoms with Crippen LogP contribution in [0.5, 0.6) is 0 Å². The molecule has 0 bridgehead atoms. The van der Waals surface area contributed by atoms with Gasteiger partial charge < -0.3 is 4.55 Å². The van der Waals surface area contributed by atoms with Crippen LogP contribution in [0, 0.1) is 6.92 Å². The highest BCUT2D eigenvalue weighted by Gasteiger charge is 2.26. The van der Waals surface area contributed by atoms with E-state index in [2.05, 4.69) is 14.6 Å². The summed E-state index contributed by atoms with van der Waals surface area (Å²) in [6.45, 7) is 7.49. The van der Waals surface area contributed by atoms with E-state index < -0.39 is 16.1 Å². The van der Waals surface area contributed by atoms with Crippen molar-refractivity contribution < 1.29 is 4.55 Å². The molecule has 106 valence electrons. The third-order valence-corrected chi connectivity index (χ3v) is 4.11. The highest BCUT2D eigenvalue weighted by atomic mass is 32.2. The monoisotopic (exact) mass is 291 g/mol. The fourth-order valence-corrected chi connectivity index (χ4v) is 2.17. The van der Waals surface area contributed by atoms with Gasteiger partial charge in [0.05, 0.1) is 5.39 Å². The molecule has 0 radical (unpaired) electrons. The van der Waals surface area contributed by atoms with Crippen molar-refractivity contribution in [3.05, 3.63) is 39.8 Å². The molecule has 1 aromatic carbocycles. The van der Waals surface area contributed by atoms with Crippen LogP contribution in [0.4, 0.5) is 0 Å². The zero-order valence-corrected chi connectivity index (χ0v) is 12.7. The first-order valence-corrected chi connectivity index (χ1v) is 7.35. The SMILES string of the molecule is Cc1ccc2c(=O)[nH]nc(/C=N/[S+]([O-])C(C)(C)C)c2c1. The summed E-state index contributed by atoms with van der Waals surface area (Å²) in [6.07, 6.45) is 1.46. The van der Waals surface area contributed by atoms with Gasteiger partial charge in [0.1, 0.15) is 28.0 Å². The molecule has 0 aliphatic carbocycles. The van der Waals surface area contributed by atoms with Crippen molar-refractivity contribution >= 4 is 28.3 Å². The second-order valence-corrected chi connectivity index (χ2v) is 7.52. The van der Waals surface area contributed by atoms with Crippen LogP contribution in [0.25, 0.3) is 10.8 Å². The number of benzene rings is 1. The van der Waals surface area contributed by atoms with Gasteiger partial charge in [0.15, 0.2) is 0 Å². The molecule has 5 nitrogen and oxygen atoms in total. The first-order valence-electron chi connectivity index (χ1n) is 6.24. The Morgan fingerprint density at radius 2 is 2.05 bits per heavy atom. The van der Waals surface area contributed by atoms with Crippen molar-refractivity contribution in [1.29, 1.82) is 0 Å². The van der Waals surface area contributed by atoms with Gasteiger partial charge >= 0.3 is 0 Å². The van der Waals surface area contributed by atoms with Gasteiger partial charge in [-0.1, -0.05) is 16.0 Å². The number of aromatic nitrogens is 2. The Labute approximate surface area is 120 Å². The van der Waals surface area contributed by atoms with Crippen LogP contribution >= 0.6 is 0 Å². The van der Waals surface area contributed by atoms with Crippen LogP contribution in [0.1, 0.15) is 32.0 Å².